The lowest BCUT2D eigenvalue weighted by Gasteiger charge is -2.49. The zero-order valence-corrected chi connectivity index (χ0v) is 10.9. The fraction of sp³-hybridized carbons (Fsp3) is 1.00. The maximum Gasteiger partial charge on any atom is 0.0685 e. The van der Waals surface area contributed by atoms with Gasteiger partial charge in [-0.2, -0.15) is 0 Å². The van der Waals surface area contributed by atoms with Crippen LogP contribution in [0.5, 0.6) is 0 Å². The van der Waals surface area contributed by atoms with Crippen molar-refractivity contribution in [2.24, 2.45) is 17.8 Å². The molecular weight excluding hydrogens is 200 g/mol. The summed E-state index contributed by atoms with van der Waals surface area (Å²) in [6.07, 6.45) is 5.95. The highest BCUT2D eigenvalue weighted by Crippen LogP contribution is 2.47. The van der Waals surface area contributed by atoms with Gasteiger partial charge in [0.25, 0.3) is 0 Å². The summed E-state index contributed by atoms with van der Waals surface area (Å²) >= 11 is 0. The number of aliphatic hydroxyl groups is 1. The molecule has 1 heterocycles. The zero-order chi connectivity index (χ0) is 11.8. The van der Waals surface area contributed by atoms with E-state index < -0.39 is 0 Å². The molecule has 1 N–H and O–H groups in total. The predicted molar refractivity (Wildman–Crippen MR) is 65.3 cm³/mol. The molecule has 3 unspecified atom stereocenters. The second-order valence-electron chi connectivity index (χ2n) is 6.20. The third-order valence-corrected chi connectivity index (χ3v) is 4.67. The van der Waals surface area contributed by atoms with Crippen LogP contribution in [-0.4, -0.2) is 23.4 Å². The number of aliphatic hydroxyl groups excluding tert-OH is 1. The summed E-state index contributed by atoms with van der Waals surface area (Å²) in [5.74, 6) is 1.68. The van der Waals surface area contributed by atoms with E-state index in [1.54, 1.807) is 0 Å². The van der Waals surface area contributed by atoms with E-state index in [2.05, 4.69) is 13.8 Å². The van der Waals surface area contributed by atoms with Crippen molar-refractivity contribution in [2.75, 3.05) is 6.61 Å². The van der Waals surface area contributed by atoms with E-state index in [0.29, 0.717) is 17.8 Å². The van der Waals surface area contributed by atoms with Gasteiger partial charge in [-0.15, -0.1) is 0 Å². The van der Waals surface area contributed by atoms with Crippen LogP contribution in [0, 0.1) is 17.8 Å². The Hall–Kier alpha value is -0.0800. The normalized spacial score (nSPS) is 32.4. The van der Waals surface area contributed by atoms with Crippen molar-refractivity contribution in [3.63, 3.8) is 0 Å². The quantitative estimate of drug-likeness (QED) is 0.801. The van der Waals surface area contributed by atoms with Crippen LogP contribution >= 0.6 is 0 Å². The van der Waals surface area contributed by atoms with Crippen LogP contribution in [-0.2, 0) is 4.74 Å². The Labute approximate surface area is 99.4 Å². The van der Waals surface area contributed by atoms with E-state index in [4.69, 9.17) is 4.74 Å². The molecule has 2 rings (SSSR count). The second-order valence-corrected chi connectivity index (χ2v) is 6.20. The van der Waals surface area contributed by atoms with Crippen molar-refractivity contribution in [3.05, 3.63) is 0 Å². The summed E-state index contributed by atoms with van der Waals surface area (Å²) in [4.78, 5) is 0. The minimum Gasteiger partial charge on any atom is -0.393 e. The Morgan fingerprint density at radius 3 is 2.38 bits per heavy atom. The summed E-state index contributed by atoms with van der Waals surface area (Å²) in [5, 5.41) is 9.95. The summed E-state index contributed by atoms with van der Waals surface area (Å²) in [7, 11) is 0. The van der Waals surface area contributed by atoms with E-state index in [0.717, 1.165) is 13.0 Å². The van der Waals surface area contributed by atoms with Crippen molar-refractivity contribution in [3.8, 4) is 0 Å². The third kappa shape index (κ3) is 2.28. The Morgan fingerprint density at radius 2 is 1.94 bits per heavy atom. The average molecular weight is 226 g/mol. The van der Waals surface area contributed by atoms with Crippen LogP contribution in [0.3, 0.4) is 0 Å². The van der Waals surface area contributed by atoms with Crippen molar-refractivity contribution < 1.29 is 9.84 Å². The van der Waals surface area contributed by atoms with Crippen molar-refractivity contribution >= 4 is 0 Å². The lowest BCUT2D eigenvalue weighted by atomic mass is 9.66. The van der Waals surface area contributed by atoms with E-state index >= 15 is 0 Å². The van der Waals surface area contributed by atoms with Gasteiger partial charge in [-0.3, -0.25) is 0 Å². The first kappa shape index (κ1) is 12.4. The molecule has 2 nitrogen and oxygen atoms in total. The molecule has 1 saturated heterocycles. The van der Waals surface area contributed by atoms with Crippen LogP contribution < -0.4 is 0 Å². The largest absolute Gasteiger partial charge is 0.393 e. The Morgan fingerprint density at radius 1 is 1.25 bits per heavy atom. The molecule has 0 aromatic rings. The third-order valence-electron chi connectivity index (χ3n) is 4.67. The molecular formula is C14H26O2. The standard InChI is InChI=1S/C14H26O2/c1-10(2)13(11(3)15)12-5-8-16-14(9-12)6-4-7-14/h10-13,15H,4-9H2,1-3H3. The molecule has 0 radical (unpaired) electrons. The molecule has 2 fully saturated rings. The van der Waals surface area contributed by atoms with Crippen molar-refractivity contribution in [1.29, 1.82) is 0 Å². The monoisotopic (exact) mass is 226 g/mol. The van der Waals surface area contributed by atoms with Crippen LogP contribution in [0.15, 0.2) is 0 Å². The zero-order valence-electron chi connectivity index (χ0n) is 10.9. The second kappa shape index (κ2) is 4.66. The number of hydrogen-bond donors (Lipinski definition) is 1. The van der Waals surface area contributed by atoms with Crippen molar-refractivity contribution in [2.45, 2.75) is 64.6 Å². The molecule has 0 aromatic heterocycles. The Balaban J connectivity index is 2.01. The first-order chi connectivity index (χ1) is 7.54. The van der Waals surface area contributed by atoms with E-state index in [9.17, 15) is 5.11 Å². The number of hydrogen-bond acceptors (Lipinski definition) is 2. The van der Waals surface area contributed by atoms with Gasteiger partial charge in [-0.25, -0.2) is 0 Å². The molecule has 3 atom stereocenters. The first-order valence-corrected chi connectivity index (χ1v) is 6.86. The molecule has 2 heteroatoms. The van der Waals surface area contributed by atoms with Gasteiger partial charge in [0.1, 0.15) is 0 Å². The van der Waals surface area contributed by atoms with Crippen LogP contribution in [0.2, 0.25) is 0 Å². The van der Waals surface area contributed by atoms with Gasteiger partial charge in [0.2, 0.25) is 0 Å². The SMILES string of the molecule is CC(C)C(C(C)O)C1CCOC2(CCC2)C1. The highest BCUT2D eigenvalue weighted by molar-refractivity contribution is 4.96. The van der Waals surface area contributed by atoms with Gasteiger partial charge >= 0.3 is 0 Å². The van der Waals surface area contributed by atoms with Crippen LogP contribution in [0.4, 0.5) is 0 Å². The highest BCUT2D eigenvalue weighted by Gasteiger charge is 2.45. The fourth-order valence-corrected chi connectivity index (χ4v) is 3.81. The van der Waals surface area contributed by atoms with Gasteiger partial charge in [-0.05, 0) is 56.8 Å². The minimum absolute atomic E-state index is 0.180. The molecule has 1 aliphatic heterocycles. The molecule has 16 heavy (non-hydrogen) atoms. The topological polar surface area (TPSA) is 29.5 Å². The fourth-order valence-electron chi connectivity index (χ4n) is 3.81. The molecule has 1 saturated carbocycles. The van der Waals surface area contributed by atoms with Crippen LogP contribution in [0.25, 0.3) is 0 Å². The first-order valence-electron chi connectivity index (χ1n) is 6.86. The maximum absolute atomic E-state index is 9.95. The maximum atomic E-state index is 9.95. The Kier molecular flexibility index (Phi) is 3.60. The Bertz CT molecular complexity index is 223. The molecule has 1 spiro atoms. The van der Waals surface area contributed by atoms with Gasteiger partial charge in [0, 0.05) is 6.61 Å². The molecule has 0 amide bonds. The van der Waals surface area contributed by atoms with Gasteiger partial charge in [-0.1, -0.05) is 13.8 Å². The van der Waals surface area contributed by atoms with Crippen molar-refractivity contribution in [1.82, 2.24) is 0 Å². The van der Waals surface area contributed by atoms with Gasteiger partial charge in [0.05, 0.1) is 11.7 Å². The molecule has 2 aliphatic rings. The smallest absolute Gasteiger partial charge is 0.0685 e. The lowest BCUT2D eigenvalue weighted by Crippen LogP contribution is -2.48. The molecule has 0 aromatic carbocycles. The molecule has 0 bridgehead atoms. The van der Waals surface area contributed by atoms with E-state index in [1.165, 1.54) is 25.7 Å². The van der Waals surface area contributed by atoms with Crippen LogP contribution in [0.1, 0.15) is 52.9 Å². The molecule has 94 valence electrons. The highest BCUT2D eigenvalue weighted by atomic mass is 16.5. The van der Waals surface area contributed by atoms with Gasteiger partial charge < -0.3 is 9.84 Å². The lowest BCUT2D eigenvalue weighted by molar-refractivity contribution is -0.158. The minimum atomic E-state index is -0.180. The summed E-state index contributed by atoms with van der Waals surface area (Å²) in [6.45, 7) is 7.33. The number of rotatable bonds is 3. The summed E-state index contributed by atoms with van der Waals surface area (Å²) in [5.41, 5.74) is 0.213. The average Bonchev–Trinajstić information content (AvgIpc) is 2.14. The number of ether oxygens (including phenoxy) is 1. The predicted octanol–water partition coefficient (Wildman–Crippen LogP) is 2.99. The van der Waals surface area contributed by atoms with Gasteiger partial charge in [0.15, 0.2) is 0 Å². The summed E-state index contributed by atoms with van der Waals surface area (Å²) < 4.78 is 5.96. The molecule has 1 aliphatic carbocycles. The van der Waals surface area contributed by atoms with E-state index in [1.807, 2.05) is 6.92 Å². The van der Waals surface area contributed by atoms with E-state index in [-0.39, 0.29) is 11.7 Å². The summed E-state index contributed by atoms with van der Waals surface area (Å²) in [6, 6.07) is 0.